The number of ether oxygens (including phenoxy) is 1. The molecular formula is C14H16BIO4. The molecule has 0 aliphatic carbocycles. The van der Waals surface area contributed by atoms with E-state index in [9.17, 15) is 10.1 Å². The summed E-state index contributed by atoms with van der Waals surface area (Å²) < 4.78 is 11.5. The number of hydrogen-bond donors (Lipinski definition) is 2. The van der Waals surface area contributed by atoms with Gasteiger partial charge in [-0.05, 0) is 59.1 Å². The van der Waals surface area contributed by atoms with Gasteiger partial charge in [-0.25, -0.2) is 0 Å². The molecule has 20 heavy (non-hydrogen) atoms. The third-order valence-corrected chi connectivity index (χ3v) is 4.07. The second-order valence-corrected chi connectivity index (χ2v) is 5.87. The number of rotatable bonds is 3. The smallest absolute Gasteiger partial charge is 0.491 e. The molecule has 6 heteroatoms. The summed E-state index contributed by atoms with van der Waals surface area (Å²) >= 11 is 2.04. The number of benzene rings is 1. The Morgan fingerprint density at radius 1 is 1.55 bits per heavy atom. The first-order valence-electron chi connectivity index (χ1n) is 6.20. The fourth-order valence-electron chi connectivity index (χ4n) is 2.15. The molecule has 1 aliphatic rings. The fourth-order valence-corrected chi connectivity index (χ4v) is 2.78. The molecule has 0 saturated heterocycles. The molecule has 1 unspecified atom stereocenters. The van der Waals surface area contributed by atoms with Gasteiger partial charge in [-0.1, -0.05) is 18.2 Å². The minimum atomic E-state index is -0.969. The van der Waals surface area contributed by atoms with Crippen molar-refractivity contribution < 1.29 is 19.5 Å². The molecule has 1 atom stereocenters. The Kier molecular flexibility index (Phi) is 4.77. The molecule has 0 radical (unpaired) electrons. The Morgan fingerprint density at radius 2 is 2.25 bits per heavy atom. The van der Waals surface area contributed by atoms with Gasteiger partial charge in [0.15, 0.2) is 11.5 Å². The highest BCUT2D eigenvalue weighted by Gasteiger charge is 2.30. The summed E-state index contributed by atoms with van der Waals surface area (Å²) in [6, 6.07) is 3.56. The summed E-state index contributed by atoms with van der Waals surface area (Å²) in [5.74, 6) is 0.519. The standard InChI is InChI=1S/C14H16BIO4/c1-8(2)10-4-5-12(20-15(10)18)9-6-11(16)14(17)13(7-9)19-3/h4,6-7,12,17-18H,1,5H2,2-3H3. The van der Waals surface area contributed by atoms with Crippen molar-refractivity contribution in [2.45, 2.75) is 19.4 Å². The molecular weight excluding hydrogens is 370 g/mol. The summed E-state index contributed by atoms with van der Waals surface area (Å²) in [4.78, 5) is 0. The minimum Gasteiger partial charge on any atom is -0.504 e. The van der Waals surface area contributed by atoms with E-state index in [0.717, 1.165) is 16.6 Å². The molecule has 1 aliphatic heterocycles. The van der Waals surface area contributed by atoms with Crippen molar-refractivity contribution in [3.8, 4) is 11.5 Å². The Bertz CT molecular complexity index is 571. The molecule has 0 aromatic heterocycles. The number of phenolic OH excluding ortho intramolecular Hbond substituents is 1. The molecule has 106 valence electrons. The van der Waals surface area contributed by atoms with Gasteiger partial charge in [0, 0.05) is 0 Å². The lowest BCUT2D eigenvalue weighted by atomic mass is 9.71. The predicted molar refractivity (Wildman–Crippen MR) is 86.7 cm³/mol. The first-order chi connectivity index (χ1) is 9.43. The van der Waals surface area contributed by atoms with Crippen LogP contribution in [0.25, 0.3) is 0 Å². The lowest BCUT2D eigenvalue weighted by molar-refractivity contribution is 0.168. The molecule has 2 N–H and O–H groups in total. The zero-order valence-electron chi connectivity index (χ0n) is 11.4. The Labute approximate surface area is 132 Å². The Balaban J connectivity index is 2.31. The van der Waals surface area contributed by atoms with Crippen LogP contribution < -0.4 is 4.74 Å². The molecule has 0 saturated carbocycles. The zero-order chi connectivity index (χ0) is 14.9. The van der Waals surface area contributed by atoms with Crippen LogP contribution in [0.15, 0.2) is 35.8 Å². The van der Waals surface area contributed by atoms with Gasteiger partial charge >= 0.3 is 7.12 Å². The maximum atomic E-state index is 9.99. The van der Waals surface area contributed by atoms with Crippen LogP contribution in [0.4, 0.5) is 0 Å². The van der Waals surface area contributed by atoms with Gasteiger partial charge in [0.1, 0.15) is 0 Å². The van der Waals surface area contributed by atoms with Crippen molar-refractivity contribution in [3.63, 3.8) is 0 Å². The van der Waals surface area contributed by atoms with Crippen LogP contribution >= 0.6 is 22.6 Å². The van der Waals surface area contributed by atoms with Crippen molar-refractivity contribution >= 4 is 29.7 Å². The first kappa shape index (κ1) is 15.4. The van der Waals surface area contributed by atoms with E-state index in [2.05, 4.69) is 6.58 Å². The molecule has 4 nitrogen and oxygen atoms in total. The van der Waals surface area contributed by atoms with E-state index in [0.29, 0.717) is 15.7 Å². The van der Waals surface area contributed by atoms with Crippen molar-refractivity contribution in [3.05, 3.63) is 45.0 Å². The van der Waals surface area contributed by atoms with Crippen LogP contribution in [0.1, 0.15) is 25.0 Å². The Hall–Kier alpha value is -0.985. The molecule has 1 heterocycles. The quantitative estimate of drug-likeness (QED) is 0.620. The number of aromatic hydroxyl groups is 1. The van der Waals surface area contributed by atoms with Crippen molar-refractivity contribution in [1.29, 1.82) is 0 Å². The first-order valence-corrected chi connectivity index (χ1v) is 7.27. The van der Waals surface area contributed by atoms with E-state index in [4.69, 9.17) is 9.39 Å². The highest BCUT2D eigenvalue weighted by Crippen LogP contribution is 2.38. The summed E-state index contributed by atoms with van der Waals surface area (Å²) in [5, 5.41) is 19.8. The van der Waals surface area contributed by atoms with Crippen LogP contribution in [-0.4, -0.2) is 24.4 Å². The average Bonchev–Trinajstić information content (AvgIpc) is 2.41. The Morgan fingerprint density at radius 3 is 2.80 bits per heavy atom. The van der Waals surface area contributed by atoms with Gasteiger partial charge in [0.2, 0.25) is 0 Å². The van der Waals surface area contributed by atoms with Gasteiger partial charge in [-0.15, -0.1) is 0 Å². The molecule has 0 bridgehead atoms. The van der Waals surface area contributed by atoms with Crippen LogP contribution in [0.5, 0.6) is 11.5 Å². The second kappa shape index (κ2) is 6.20. The zero-order valence-corrected chi connectivity index (χ0v) is 13.5. The normalized spacial score (nSPS) is 18.7. The van der Waals surface area contributed by atoms with Gasteiger partial charge in [0.25, 0.3) is 0 Å². The predicted octanol–water partition coefficient (Wildman–Crippen LogP) is 2.99. The van der Waals surface area contributed by atoms with Gasteiger partial charge < -0.3 is 19.5 Å². The number of hydrogen-bond acceptors (Lipinski definition) is 4. The lowest BCUT2D eigenvalue weighted by Gasteiger charge is -2.26. The SMILES string of the molecule is C=C(C)C1=CCC(c2cc(I)c(O)c(OC)c2)OB1O. The maximum absolute atomic E-state index is 9.99. The molecule has 0 fully saturated rings. The molecule has 0 spiro atoms. The minimum absolute atomic E-state index is 0.117. The van der Waals surface area contributed by atoms with E-state index in [-0.39, 0.29) is 11.9 Å². The average molecular weight is 386 g/mol. The third kappa shape index (κ3) is 3.02. The van der Waals surface area contributed by atoms with Crippen molar-refractivity contribution in [2.75, 3.05) is 7.11 Å². The lowest BCUT2D eigenvalue weighted by Crippen LogP contribution is -2.28. The topological polar surface area (TPSA) is 58.9 Å². The van der Waals surface area contributed by atoms with Crippen LogP contribution in [-0.2, 0) is 4.65 Å². The van der Waals surface area contributed by atoms with E-state index in [1.807, 2.05) is 41.7 Å². The van der Waals surface area contributed by atoms with Crippen molar-refractivity contribution in [2.24, 2.45) is 0 Å². The van der Waals surface area contributed by atoms with Gasteiger partial charge in [-0.3, -0.25) is 0 Å². The highest BCUT2D eigenvalue weighted by atomic mass is 127. The van der Waals surface area contributed by atoms with Crippen LogP contribution in [0.2, 0.25) is 0 Å². The summed E-state index contributed by atoms with van der Waals surface area (Å²) in [6.45, 7) is 5.66. The molecule has 1 aromatic carbocycles. The van der Waals surface area contributed by atoms with Crippen molar-refractivity contribution in [1.82, 2.24) is 0 Å². The summed E-state index contributed by atoms with van der Waals surface area (Å²) in [5.41, 5.74) is 2.38. The fraction of sp³-hybridized carbons (Fsp3) is 0.286. The summed E-state index contributed by atoms with van der Waals surface area (Å²) in [6.07, 6.45) is 2.31. The number of halogens is 1. The molecule has 1 aromatic rings. The van der Waals surface area contributed by atoms with E-state index < -0.39 is 7.12 Å². The van der Waals surface area contributed by atoms with Crippen LogP contribution in [0, 0.1) is 3.57 Å². The largest absolute Gasteiger partial charge is 0.504 e. The van der Waals surface area contributed by atoms with Crippen LogP contribution in [0.3, 0.4) is 0 Å². The highest BCUT2D eigenvalue weighted by molar-refractivity contribution is 14.1. The van der Waals surface area contributed by atoms with Gasteiger partial charge in [-0.2, -0.15) is 0 Å². The maximum Gasteiger partial charge on any atom is 0.491 e. The molecule has 0 amide bonds. The monoisotopic (exact) mass is 386 g/mol. The van der Waals surface area contributed by atoms with E-state index >= 15 is 0 Å². The van der Waals surface area contributed by atoms with Gasteiger partial charge in [0.05, 0.1) is 16.8 Å². The molecule has 2 rings (SSSR count). The number of phenols is 1. The number of methoxy groups -OCH3 is 1. The third-order valence-electron chi connectivity index (χ3n) is 3.25. The number of allylic oxidation sites excluding steroid dienone is 2. The second-order valence-electron chi connectivity index (χ2n) is 4.71. The van der Waals surface area contributed by atoms with E-state index in [1.165, 1.54) is 7.11 Å². The van der Waals surface area contributed by atoms with E-state index in [1.54, 1.807) is 6.07 Å². The summed E-state index contributed by atoms with van der Waals surface area (Å²) in [7, 11) is 0.536.